The molecule has 0 aromatic carbocycles. The van der Waals surface area contributed by atoms with Crippen molar-refractivity contribution in [1.82, 2.24) is 10.2 Å². The number of hydrogen-bond donors (Lipinski definition) is 1. The summed E-state index contributed by atoms with van der Waals surface area (Å²) in [5, 5.41) is 3.62. The van der Waals surface area contributed by atoms with Crippen molar-refractivity contribution in [2.24, 2.45) is 0 Å². The zero-order chi connectivity index (χ0) is 14.3. The molecule has 0 aromatic rings. The van der Waals surface area contributed by atoms with Crippen LogP contribution in [0.4, 0.5) is 0 Å². The van der Waals surface area contributed by atoms with E-state index >= 15 is 0 Å². The zero-order valence-electron chi connectivity index (χ0n) is 13.7. The molecule has 1 aliphatic heterocycles. The molecule has 0 bridgehead atoms. The molecule has 3 nitrogen and oxygen atoms in total. The van der Waals surface area contributed by atoms with Crippen molar-refractivity contribution in [3.8, 4) is 0 Å². The van der Waals surface area contributed by atoms with Crippen LogP contribution in [0, 0.1) is 0 Å². The van der Waals surface area contributed by atoms with Gasteiger partial charge in [-0.15, -0.1) is 0 Å². The molecule has 0 amide bonds. The second kappa shape index (κ2) is 8.23. The van der Waals surface area contributed by atoms with Crippen LogP contribution in [0.2, 0.25) is 0 Å². The van der Waals surface area contributed by atoms with Crippen molar-refractivity contribution in [2.75, 3.05) is 26.7 Å². The van der Waals surface area contributed by atoms with Gasteiger partial charge >= 0.3 is 0 Å². The quantitative estimate of drug-likeness (QED) is 0.686. The van der Waals surface area contributed by atoms with Crippen molar-refractivity contribution in [2.45, 2.75) is 77.5 Å². The van der Waals surface area contributed by atoms with E-state index in [0.717, 1.165) is 19.0 Å². The van der Waals surface area contributed by atoms with E-state index in [-0.39, 0.29) is 5.60 Å². The van der Waals surface area contributed by atoms with E-state index in [1.54, 1.807) is 7.11 Å². The summed E-state index contributed by atoms with van der Waals surface area (Å²) < 4.78 is 5.48. The smallest absolute Gasteiger partial charge is 0.0637 e. The molecule has 114 valence electrons. The van der Waals surface area contributed by atoms with E-state index in [1.165, 1.54) is 38.8 Å². The summed E-state index contributed by atoms with van der Waals surface area (Å²) in [6.45, 7) is 12.6. The molecule has 19 heavy (non-hydrogen) atoms. The molecule has 1 fully saturated rings. The third kappa shape index (κ3) is 6.73. The maximum absolute atomic E-state index is 5.48. The summed E-state index contributed by atoms with van der Waals surface area (Å²) >= 11 is 0. The number of likely N-dealkylation sites (tertiary alicyclic amines) is 1. The highest BCUT2D eigenvalue weighted by Gasteiger charge is 2.20. The highest BCUT2D eigenvalue weighted by molar-refractivity contribution is 4.76. The van der Waals surface area contributed by atoms with Gasteiger partial charge in [0.15, 0.2) is 0 Å². The van der Waals surface area contributed by atoms with Gasteiger partial charge in [-0.05, 0) is 73.0 Å². The average Bonchev–Trinajstić information content (AvgIpc) is 2.36. The van der Waals surface area contributed by atoms with Crippen molar-refractivity contribution < 1.29 is 4.74 Å². The molecule has 2 unspecified atom stereocenters. The monoisotopic (exact) mass is 270 g/mol. The van der Waals surface area contributed by atoms with Crippen molar-refractivity contribution in [1.29, 1.82) is 0 Å². The Bertz CT molecular complexity index is 243. The molecular formula is C16H34N2O. The Morgan fingerprint density at radius 2 is 2.11 bits per heavy atom. The van der Waals surface area contributed by atoms with Crippen molar-refractivity contribution in [3.05, 3.63) is 0 Å². The van der Waals surface area contributed by atoms with Crippen LogP contribution < -0.4 is 5.32 Å². The molecular weight excluding hydrogens is 236 g/mol. The number of nitrogens with one attached hydrogen (secondary N) is 1. The molecule has 0 aliphatic carbocycles. The Morgan fingerprint density at radius 1 is 1.37 bits per heavy atom. The minimum Gasteiger partial charge on any atom is -0.379 e. The van der Waals surface area contributed by atoms with Crippen LogP contribution in [-0.4, -0.2) is 49.3 Å². The number of piperidine rings is 1. The summed E-state index contributed by atoms with van der Waals surface area (Å²) in [7, 11) is 1.80. The van der Waals surface area contributed by atoms with Gasteiger partial charge in [-0.1, -0.05) is 6.42 Å². The molecule has 0 saturated carbocycles. The van der Waals surface area contributed by atoms with Gasteiger partial charge in [-0.2, -0.15) is 0 Å². The average molecular weight is 270 g/mol. The fraction of sp³-hybridized carbons (Fsp3) is 1.00. The Kier molecular flexibility index (Phi) is 7.33. The summed E-state index contributed by atoms with van der Waals surface area (Å²) in [5.74, 6) is 0. The van der Waals surface area contributed by atoms with Crippen LogP contribution in [0.5, 0.6) is 0 Å². The fourth-order valence-corrected chi connectivity index (χ4v) is 3.01. The first-order valence-corrected chi connectivity index (χ1v) is 7.97. The van der Waals surface area contributed by atoms with Gasteiger partial charge in [0.05, 0.1) is 5.60 Å². The van der Waals surface area contributed by atoms with Crippen LogP contribution in [-0.2, 0) is 4.74 Å². The van der Waals surface area contributed by atoms with Crippen LogP contribution in [0.1, 0.15) is 59.8 Å². The lowest BCUT2D eigenvalue weighted by Crippen LogP contribution is -2.40. The van der Waals surface area contributed by atoms with Gasteiger partial charge in [0.2, 0.25) is 0 Å². The van der Waals surface area contributed by atoms with Crippen LogP contribution >= 0.6 is 0 Å². The molecule has 1 saturated heterocycles. The number of rotatable bonds is 8. The topological polar surface area (TPSA) is 24.5 Å². The maximum atomic E-state index is 5.48. The second-order valence-corrected chi connectivity index (χ2v) is 6.76. The standard InChI is InChI=1S/C16H34N2O/c1-14(13-16(3,4)19-5)17-10-8-12-18-11-7-6-9-15(18)2/h14-15,17H,6-13H2,1-5H3. The lowest BCUT2D eigenvalue weighted by Gasteiger charge is -2.33. The largest absolute Gasteiger partial charge is 0.379 e. The highest BCUT2D eigenvalue weighted by Crippen LogP contribution is 2.17. The van der Waals surface area contributed by atoms with Gasteiger partial charge in [-0.25, -0.2) is 0 Å². The van der Waals surface area contributed by atoms with Crippen molar-refractivity contribution in [3.63, 3.8) is 0 Å². The van der Waals surface area contributed by atoms with Gasteiger partial charge in [0.1, 0.15) is 0 Å². The molecule has 0 spiro atoms. The predicted octanol–water partition coefficient (Wildman–Crippen LogP) is 3.04. The molecule has 2 atom stereocenters. The lowest BCUT2D eigenvalue weighted by molar-refractivity contribution is 0.00852. The number of hydrogen-bond acceptors (Lipinski definition) is 3. The van der Waals surface area contributed by atoms with Gasteiger partial charge < -0.3 is 15.0 Å². The summed E-state index contributed by atoms with van der Waals surface area (Å²) in [6.07, 6.45) is 6.49. The normalized spacial score (nSPS) is 23.5. The predicted molar refractivity (Wildman–Crippen MR) is 82.7 cm³/mol. The summed E-state index contributed by atoms with van der Waals surface area (Å²) in [5.41, 5.74) is -0.0200. The first kappa shape index (κ1) is 16.9. The lowest BCUT2D eigenvalue weighted by atomic mass is 10.00. The van der Waals surface area contributed by atoms with Gasteiger partial charge in [-0.3, -0.25) is 0 Å². The number of ether oxygens (including phenoxy) is 1. The van der Waals surface area contributed by atoms with E-state index in [0.29, 0.717) is 6.04 Å². The van der Waals surface area contributed by atoms with Crippen LogP contribution in [0.25, 0.3) is 0 Å². The van der Waals surface area contributed by atoms with Crippen LogP contribution in [0.15, 0.2) is 0 Å². The Balaban J connectivity index is 2.09. The third-order valence-electron chi connectivity index (χ3n) is 4.41. The van der Waals surface area contributed by atoms with E-state index in [1.807, 2.05) is 0 Å². The minimum atomic E-state index is -0.0200. The fourth-order valence-electron chi connectivity index (χ4n) is 3.01. The first-order valence-electron chi connectivity index (χ1n) is 7.97. The molecule has 1 N–H and O–H groups in total. The van der Waals surface area contributed by atoms with E-state index < -0.39 is 0 Å². The molecule has 1 heterocycles. The SMILES string of the molecule is COC(C)(C)CC(C)NCCCN1CCCCC1C. The molecule has 3 heteroatoms. The van der Waals surface area contributed by atoms with Crippen LogP contribution in [0.3, 0.4) is 0 Å². The number of nitrogens with zero attached hydrogens (tertiary/aromatic N) is 1. The zero-order valence-corrected chi connectivity index (χ0v) is 13.7. The second-order valence-electron chi connectivity index (χ2n) is 6.76. The molecule has 0 radical (unpaired) electrons. The van der Waals surface area contributed by atoms with Crippen molar-refractivity contribution >= 4 is 0 Å². The Hall–Kier alpha value is -0.120. The van der Waals surface area contributed by atoms with Gasteiger partial charge in [0, 0.05) is 19.2 Å². The Labute approximate surface area is 120 Å². The number of methoxy groups -OCH3 is 1. The summed E-state index contributed by atoms with van der Waals surface area (Å²) in [6, 6.07) is 1.31. The maximum Gasteiger partial charge on any atom is 0.0637 e. The third-order valence-corrected chi connectivity index (χ3v) is 4.41. The molecule has 1 rings (SSSR count). The highest BCUT2D eigenvalue weighted by atomic mass is 16.5. The molecule has 0 aromatic heterocycles. The van der Waals surface area contributed by atoms with E-state index in [9.17, 15) is 0 Å². The van der Waals surface area contributed by atoms with E-state index in [4.69, 9.17) is 4.74 Å². The Morgan fingerprint density at radius 3 is 2.74 bits per heavy atom. The van der Waals surface area contributed by atoms with Gasteiger partial charge in [0.25, 0.3) is 0 Å². The molecule has 1 aliphatic rings. The summed E-state index contributed by atoms with van der Waals surface area (Å²) in [4.78, 5) is 2.65. The first-order chi connectivity index (χ1) is 8.94. The minimum absolute atomic E-state index is 0.0200. The van der Waals surface area contributed by atoms with E-state index in [2.05, 4.69) is 37.9 Å².